The summed E-state index contributed by atoms with van der Waals surface area (Å²) >= 11 is 0. The molecule has 0 fully saturated rings. The van der Waals surface area contributed by atoms with Gasteiger partial charge in [0.2, 0.25) is 0 Å². The normalized spacial score (nSPS) is 22.1. The van der Waals surface area contributed by atoms with Crippen molar-refractivity contribution in [2.24, 2.45) is 0 Å². The zero-order chi connectivity index (χ0) is 11.5. The van der Waals surface area contributed by atoms with Gasteiger partial charge in [0.1, 0.15) is 11.9 Å². The van der Waals surface area contributed by atoms with Gasteiger partial charge < -0.3 is 14.8 Å². The molecule has 5 heteroatoms. The molecule has 90 valence electrons. The van der Waals surface area contributed by atoms with Crippen LogP contribution in [-0.4, -0.2) is 24.2 Å². The van der Waals surface area contributed by atoms with Crippen LogP contribution in [0.25, 0.3) is 0 Å². The second kappa shape index (κ2) is 4.93. The summed E-state index contributed by atoms with van der Waals surface area (Å²) in [4.78, 5) is 0. The monoisotopic (exact) mass is 231 g/mol. The predicted octanol–water partition coefficient (Wildman–Crippen LogP) is 1.87. The van der Waals surface area contributed by atoms with Crippen molar-refractivity contribution in [3.8, 4) is 0 Å². The third-order valence-corrected chi connectivity index (χ3v) is 2.92. The Hall–Kier alpha value is -0.940. The van der Waals surface area contributed by atoms with Gasteiger partial charge in [-0.3, -0.25) is 0 Å². The number of hydrogen-bond donors (Lipinski definition) is 2. The largest absolute Gasteiger partial charge is 0.469 e. The molecule has 1 heterocycles. The van der Waals surface area contributed by atoms with Gasteiger partial charge >= 0.3 is 0 Å². The highest BCUT2D eigenvalue weighted by Gasteiger charge is 2.24. The Morgan fingerprint density at radius 1 is 1.56 bits per heavy atom. The molecule has 3 nitrogen and oxygen atoms in total. The molecule has 0 spiro atoms. The second-order valence-corrected chi connectivity index (χ2v) is 4.05. The van der Waals surface area contributed by atoms with Crippen LogP contribution in [0.15, 0.2) is 16.7 Å². The van der Waals surface area contributed by atoms with Crippen molar-refractivity contribution in [2.45, 2.75) is 37.8 Å². The van der Waals surface area contributed by atoms with Crippen molar-refractivity contribution < 1.29 is 18.3 Å². The highest BCUT2D eigenvalue weighted by atomic mass is 19.3. The highest BCUT2D eigenvalue weighted by Crippen LogP contribution is 2.30. The molecule has 0 radical (unpaired) electrons. The smallest absolute Gasteiger partial charge is 0.265 e. The third kappa shape index (κ3) is 2.41. The van der Waals surface area contributed by atoms with E-state index in [1.165, 1.54) is 0 Å². The standard InChI is InChI=1S/C11H15F2NO2/c12-11(13)9(15)6-14-8-2-1-3-10-7(8)4-5-16-10/h4-5,8-9,11,14-15H,1-3,6H2. The number of nitrogens with one attached hydrogen (secondary N) is 1. The van der Waals surface area contributed by atoms with Crippen molar-refractivity contribution >= 4 is 0 Å². The van der Waals surface area contributed by atoms with E-state index in [2.05, 4.69) is 5.32 Å². The Morgan fingerprint density at radius 3 is 3.12 bits per heavy atom. The number of alkyl halides is 2. The first-order valence-corrected chi connectivity index (χ1v) is 5.44. The maximum Gasteiger partial charge on any atom is 0.265 e. The van der Waals surface area contributed by atoms with Gasteiger partial charge in [-0.05, 0) is 18.9 Å². The van der Waals surface area contributed by atoms with E-state index >= 15 is 0 Å². The molecule has 2 unspecified atom stereocenters. The maximum absolute atomic E-state index is 12.1. The number of aryl methyl sites for hydroxylation is 1. The van der Waals surface area contributed by atoms with Crippen molar-refractivity contribution in [1.29, 1.82) is 0 Å². The minimum atomic E-state index is -2.69. The second-order valence-electron chi connectivity index (χ2n) is 4.05. The van der Waals surface area contributed by atoms with Gasteiger partial charge in [-0.15, -0.1) is 0 Å². The molecule has 1 aliphatic rings. The molecule has 1 aromatic heterocycles. The number of hydrogen-bond acceptors (Lipinski definition) is 3. The summed E-state index contributed by atoms with van der Waals surface area (Å²) < 4.78 is 29.5. The molecule has 16 heavy (non-hydrogen) atoms. The average Bonchev–Trinajstić information content (AvgIpc) is 2.73. The van der Waals surface area contributed by atoms with Crippen LogP contribution in [0, 0.1) is 0 Å². The van der Waals surface area contributed by atoms with Crippen LogP contribution >= 0.6 is 0 Å². The van der Waals surface area contributed by atoms with Gasteiger partial charge in [-0.25, -0.2) is 8.78 Å². The number of furan rings is 1. The number of aliphatic hydroxyl groups excluding tert-OH is 1. The van der Waals surface area contributed by atoms with Crippen molar-refractivity contribution in [1.82, 2.24) is 5.32 Å². The Labute approximate surface area is 92.4 Å². The molecule has 0 aliphatic heterocycles. The van der Waals surface area contributed by atoms with Gasteiger partial charge in [0.05, 0.1) is 6.26 Å². The first-order chi connectivity index (χ1) is 7.68. The van der Waals surface area contributed by atoms with E-state index in [1.807, 2.05) is 6.07 Å². The number of rotatable bonds is 4. The van der Waals surface area contributed by atoms with E-state index in [4.69, 9.17) is 9.52 Å². The fourth-order valence-electron chi connectivity index (χ4n) is 2.05. The lowest BCUT2D eigenvalue weighted by Gasteiger charge is -2.24. The van der Waals surface area contributed by atoms with Crippen LogP contribution < -0.4 is 5.32 Å². The number of halogens is 2. The first-order valence-electron chi connectivity index (χ1n) is 5.44. The first kappa shape index (κ1) is 11.5. The molecule has 0 saturated heterocycles. The summed E-state index contributed by atoms with van der Waals surface area (Å²) in [6, 6.07) is 1.89. The van der Waals surface area contributed by atoms with E-state index < -0.39 is 12.5 Å². The Bertz CT molecular complexity index is 340. The van der Waals surface area contributed by atoms with Crippen LogP contribution in [0.1, 0.15) is 30.2 Å². The van der Waals surface area contributed by atoms with Gasteiger partial charge in [0.15, 0.2) is 0 Å². The maximum atomic E-state index is 12.1. The average molecular weight is 231 g/mol. The SMILES string of the molecule is OC(CNC1CCCc2occc21)C(F)F. The molecule has 1 aromatic rings. The lowest BCUT2D eigenvalue weighted by atomic mass is 9.93. The highest BCUT2D eigenvalue weighted by molar-refractivity contribution is 5.23. The topological polar surface area (TPSA) is 45.4 Å². The van der Waals surface area contributed by atoms with Crippen molar-refractivity contribution in [2.75, 3.05) is 6.54 Å². The molecular weight excluding hydrogens is 216 g/mol. The molecule has 2 rings (SSSR count). The number of aliphatic hydroxyl groups is 1. The fourth-order valence-corrected chi connectivity index (χ4v) is 2.05. The van der Waals surface area contributed by atoms with Crippen LogP contribution in [0.4, 0.5) is 8.78 Å². The van der Waals surface area contributed by atoms with E-state index in [0.29, 0.717) is 0 Å². The minimum absolute atomic E-state index is 0.0240. The predicted molar refractivity (Wildman–Crippen MR) is 54.4 cm³/mol. The summed E-state index contributed by atoms with van der Waals surface area (Å²) in [5.41, 5.74) is 1.03. The van der Waals surface area contributed by atoms with Crippen molar-refractivity contribution in [3.05, 3.63) is 23.7 Å². The summed E-state index contributed by atoms with van der Waals surface area (Å²) in [5, 5.41) is 12.0. The van der Waals surface area contributed by atoms with Crippen LogP contribution in [0.2, 0.25) is 0 Å². The number of fused-ring (bicyclic) bond motifs is 1. The van der Waals surface area contributed by atoms with Gasteiger partial charge in [-0.1, -0.05) is 0 Å². The van der Waals surface area contributed by atoms with E-state index in [1.54, 1.807) is 6.26 Å². The molecule has 0 saturated carbocycles. The van der Waals surface area contributed by atoms with Crippen LogP contribution in [0.5, 0.6) is 0 Å². The summed E-state index contributed by atoms with van der Waals surface area (Å²) in [5.74, 6) is 0.926. The van der Waals surface area contributed by atoms with Gasteiger partial charge in [-0.2, -0.15) is 0 Å². The lowest BCUT2D eigenvalue weighted by Crippen LogP contribution is -2.35. The summed E-state index contributed by atoms with van der Waals surface area (Å²) in [7, 11) is 0. The van der Waals surface area contributed by atoms with Gasteiger partial charge in [0, 0.05) is 24.6 Å². The Kier molecular flexibility index (Phi) is 3.56. The van der Waals surface area contributed by atoms with E-state index in [0.717, 1.165) is 30.6 Å². The lowest BCUT2D eigenvalue weighted by molar-refractivity contribution is -0.00493. The molecule has 2 N–H and O–H groups in total. The van der Waals surface area contributed by atoms with E-state index in [9.17, 15) is 8.78 Å². The zero-order valence-electron chi connectivity index (χ0n) is 8.83. The molecule has 0 aromatic carbocycles. The summed E-state index contributed by atoms with van der Waals surface area (Å²) in [6.45, 7) is -0.0903. The molecule has 2 atom stereocenters. The van der Waals surface area contributed by atoms with E-state index in [-0.39, 0.29) is 12.6 Å². The Morgan fingerprint density at radius 2 is 2.38 bits per heavy atom. The quantitative estimate of drug-likeness (QED) is 0.831. The van der Waals surface area contributed by atoms with Crippen LogP contribution in [-0.2, 0) is 6.42 Å². The van der Waals surface area contributed by atoms with Gasteiger partial charge in [0.25, 0.3) is 6.43 Å². The molecule has 0 bridgehead atoms. The Balaban J connectivity index is 1.93. The summed E-state index contributed by atoms with van der Waals surface area (Å²) in [6.07, 6.45) is 0.0922. The molecular formula is C11H15F2NO2. The zero-order valence-corrected chi connectivity index (χ0v) is 8.83. The minimum Gasteiger partial charge on any atom is -0.469 e. The van der Waals surface area contributed by atoms with Crippen molar-refractivity contribution in [3.63, 3.8) is 0 Å². The fraction of sp³-hybridized carbons (Fsp3) is 0.636. The third-order valence-electron chi connectivity index (χ3n) is 2.92. The molecule has 0 amide bonds. The van der Waals surface area contributed by atoms with Crippen LogP contribution in [0.3, 0.4) is 0 Å². The molecule has 1 aliphatic carbocycles.